The SMILES string of the molecule is NCC1(C(=O)NS(=O)(=O)c2ccccc2)CC1. The van der Waals surface area contributed by atoms with Crippen LogP contribution in [0, 0.1) is 5.41 Å². The minimum atomic E-state index is -3.77. The van der Waals surface area contributed by atoms with Crippen LogP contribution < -0.4 is 10.5 Å². The third-order valence-corrected chi connectivity index (χ3v) is 4.35. The van der Waals surface area contributed by atoms with E-state index in [1.807, 2.05) is 0 Å². The number of rotatable bonds is 4. The van der Waals surface area contributed by atoms with E-state index in [-0.39, 0.29) is 11.4 Å². The molecule has 0 atom stereocenters. The summed E-state index contributed by atoms with van der Waals surface area (Å²) in [6.45, 7) is 0.184. The second-order valence-corrected chi connectivity index (χ2v) is 5.91. The van der Waals surface area contributed by atoms with Crippen LogP contribution in [0.3, 0.4) is 0 Å². The number of carbonyl (C=O) groups is 1. The van der Waals surface area contributed by atoms with Gasteiger partial charge in [0.1, 0.15) is 0 Å². The predicted molar refractivity (Wildman–Crippen MR) is 62.5 cm³/mol. The molecule has 0 bridgehead atoms. The molecule has 0 heterocycles. The van der Waals surface area contributed by atoms with Crippen molar-refractivity contribution in [2.24, 2.45) is 11.1 Å². The van der Waals surface area contributed by atoms with Gasteiger partial charge >= 0.3 is 0 Å². The van der Waals surface area contributed by atoms with Crippen molar-refractivity contribution in [1.29, 1.82) is 0 Å². The summed E-state index contributed by atoms with van der Waals surface area (Å²) in [4.78, 5) is 11.9. The predicted octanol–water partition coefficient (Wildman–Crippen LogP) is 0.230. The first-order valence-electron chi connectivity index (χ1n) is 5.33. The maximum atomic E-state index is 11.9. The van der Waals surface area contributed by atoms with Gasteiger partial charge in [0.2, 0.25) is 5.91 Å². The van der Waals surface area contributed by atoms with E-state index in [0.717, 1.165) is 0 Å². The fourth-order valence-corrected chi connectivity index (χ4v) is 2.66. The Morgan fingerprint density at radius 2 is 1.88 bits per heavy atom. The lowest BCUT2D eigenvalue weighted by Crippen LogP contribution is -2.40. The van der Waals surface area contributed by atoms with Gasteiger partial charge in [-0.25, -0.2) is 13.1 Å². The molecule has 5 nitrogen and oxygen atoms in total. The van der Waals surface area contributed by atoms with E-state index in [9.17, 15) is 13.2 Å². The third-order valence-electron chi connectivity index (χ3n) is 3.01. The van der Waals surface area contributed by atoms with Gasteiger partial charge < -0.3 is 5.73 Å². The van der Waals surface area contributed by atoms with E-state index in [4.69, 9.17) is 5.73 Å². The molecule has 0 spiro atoms. The fraction of sp³-hybridized carbons (Fsp3) is 0.364. The lowest BCUT2D eigenvalue weighted by molar-refractivity contribution is -0.124. The monoisotopic (exact) mass is 254 g/mol. The molecule has 1 aliphatic carbocycles. The Morgan fingerprint density at radius 3 is 2.35 bits per heavy atom. The Balaban J connectivity index is 2.17. The molecule has 1 amide bonds. The summed E-state index contributed by atoms with van der Waals surface area (Å²) in [5.74, 6) is -0.496. The first-order chi connectivity index (χ1) is 8.00. The fourth-order valence-electron chi connectivity index (χ4n) is 1.56. The number of sulfonamides is 1. The molecule has 0 unspecified atom stereocenters. The molecule has 1 aliphatic rings. The highest BCUT2D eigenvalue weighted by atomic mass is 32.2. The van der Waals surface area contributed by atoms with Crippen LogP contribution in [0.1, 0.15) is 12.8 Å². The van der Waals surface area contributed by atoms with Crippen molar-refractivity contribution in [2.45, 2.75) is 17.7 Å². The highest BCUT2D eigenvalue weighted by molar-refractivity contribution is 7.90. The van der Waals surface area contributed by atoms with Gasteiger partial charge in [-0.3, -0.25) is 4.79 Å². The largest absolute Gasteiger partial charge is 0.329 e. The van der Waals surface area contributed by atoms with Crippen LogP contribution >= 0.6 is 0 Å². The van der Waals surface area contributed by atoms with E-state index in [1.165, 1.54) is 12.1 Å². The molecule has 2 rings (SSSR count). The molecule has 1 aromatic carbocycles. The molecule has 1 aromatic rings. The quantitative estimate of drug-likeness (QED) is 0.805. The first-order valence-corrected chi connectivity index (χ1v) is 6.81. The number of nitrogens with two attached hydrogens (primary N) is 1. The van der Waals surface area contributed by atoms with Crippen LogP contribution in [0.4, 0.5) is 0 Å². The molecule has 0 aliphatic heterocycles. The van der Waals surface area contributed by atoms with E-state index in [1.54, 1.807) is 18.2 Å². The Kier molecular flexibility index (Phi) is 2.92. The lowest BCUT2D eigenvalue weighted by Gasteiger charge is -2.12. The molecule has 3 N–H and O–H groups in total. The topological polar surface area (TPSA) is 89.3 Å². The third kappa shape index (κ3) is 2.32. The van der Waals surface area contributed by atoms with Gasteiger partial charge in [-0.2, -0.15) is 0 Å². The summed E-state index contributed by atoms with van der Waals surface area (Å²) in [6.07, 6.45) is 1.30. The van der Waals surface area contributed by atoms with Crippen molar-refractivity contribution >= 4 is 15.9 Å². The molecule has 0 saturated heterocycles. The minimum Gasteiger partial charge on any atom is -0.329 e. The average molecular weight is 254 g/mol. The minimum absolute atomic E-state index is 0.0844. The summed E-state index contributed by atoms with van der Waals surface area (Å²) in [7, 11) is -3.77. The van der Waals surface area contributed by atoms with Crippen molar-refractivity contribution in [2.75, 3.05) is 6.54 Å². The second-order valence-electron chi connectivity index (χ2n) is 4.23. The summed E-state index contributed by atoms with van der Waals surface area (Å²) in [5, 5.41) is 0. The normalized spacial score (nSPS) is 17.5. The molecule has 92 valence electrons. The van der Waals surface area contributed by atoms with Gasteiger partial charge in [-0.1, -0.05) is 18.2 Å². The van der Waals surface area contributed by atoms with Gasteiger partial charge in [0.25, 0.3) is 10.0 Å². The number of nitrogens with one attached hydrogen (secondary N) is 1. The lowest BCUT2D eigenvalue weighted by atomic mass is 10.1. The highest BCUT2D eigenvalue weighted by Gasteiger charge is 2.49. The van der Waals surface area contributed by atoms with Crippen molar-refractivity contribution in [3.63, 3.8) is 0 Å². The van der Waals surface area contributed by atoms with Crippen molar-refractivity contribution in [3.05, 3.63) is 30.3 Å². The van der Waals surface area contributed by atoms with Crippen LogP contribution in [-0.4, -0.2) is 20.9 Å². The van der Waals surface area contributed by atoms with Gasteiger partial charge in [-0.05, 0) is 25.0 Å². The Labute approximate surface area is 100 Å². The van der Waals surface area contributed by atoms with Crippen molar-refractivity contribution < 1.29 is 13.2 Å². The molecule has 0 aromatic heterocycles. The zero-order valence-corrected chi connectivity index (χ0v) is 10.0. The molecule has 6 heteroatoms. The summed E-state index contributed by atoms with van der Waals surface area (Å²) in [5.41, 5.74) is 4.81. The molecular formula is C11H14N2O3S. The number of amides is 1. The van der Waals surface area contributed by atoms with E-state index in [2.05, 4.69) is 4.72 Å². The van der Waals surface area contributed by atoms with Gasteiger partial charge in [0.05, 0.1) is 10.3 Å². The van der Waals surface area contributed by atoms with Gasteiger partial charge in [0.15, 0.2) is 0 Å². The van der Waals surface area contributed by atoms with E-state index in [0.29, 0.717) is 12.8 Å². The smallest absolute Gasteiger partial charge is 0.264 e. The number of hydrogen-bond acceptors (Lipinski definition) is 4. The molecule has 0 radical (unpaired) electrons. The van der Waals surface area contributed by atoms with Crippen molar-refractivity contribution in [1.82, 2.24) is 4.72 Å². The van der Waals surface area contributed by atoms with Crippen molar-refractivity contribution in [3.8, 4) is 0 Å². The number of benzene rings is 1. The zero-order valence-electron chi connectivity index (χ0n) is 9.22. The number of carbonyl (C=O) groups excluding carboxylic acids is 1. The van der Waals surface area contributed by atoms with E-state index >= 15 is 0 Å². The zero-order chi connectivity index (χ0) is 12.5. The number of hydrogen-bond donors (Lipinski definition) is 2. The van der Waals surface area contributed by atoms with Crippen LogP contribution in [0.15, 0.2) is 35.2 Å². The highest BCUT2D eigenvalue weighted by Crippen LogP contribution is 2.44. The van der Waals surface area contributed by atoms with Crippen LogP contribution in [0.25, 0.3) is 0 Å². The molecule has 1 fully saturated rings. The molecule has 17 heavy (non-hydrogen) atoms. The summed E-state index contributed by atoms with van der Waals surface area (Å²) >= 11 is 0. The average Bonchev–Trinajstić information content (AvgIpc) is 3.10. The van der Waals surface area contributed by atoms with Gasteiger partial charge in [0, 0.05) is 6.54 Å². The first kappa shape index (κ1) is 12.1. The Bertz CT molecular complexity index is 521. The Morgan fingerprint density at radius 1 is 1.29 bits per heavy atom. The maximum Gasteiger partial charge on any atom is 0.264 e. The summed E-state index contributed by atoms with van der Waals surface area (Å²) < 4.78 is 25.8. The van der Waals surface area contributed by atoms with E-state index < -0.39 is 21.3 Å². The van der Waals surface area contributed by atoms with Crippen LogP contribution in [-0.2, 0) is 14.8 Å². The van der Waals surface area contributed by atoms with Crippen LogP contribution in [0.2, 0.25) is 0 Å². The van der Waals surface area contributed by atoms with Gasteiger partial charge in [-0.15, -0.1) is 0 Å². The molecule has 1 saturated carbocycles. The maximum absolute atomic E-state index is 11.9. The summed E-state index contributed by atoms with van der Waals surface area (Å²) in [6, 6.07) is 7.81. The Hall–Kier alpha value is -1.40. The second kappa shape index (κ2) is 4.12. The standard InChI is InChI=1S/C11H14N2O3S/c12-8-11(6-7-11)10(14)13-17(15,16)9-4-2-1-3-5-9/h1-5H,6-8,12H2,(H,13,14). The molecular weight excluding hydrogens is 240 g/mol. The van der Waals surface area contributed by atoms with Crippen LogP contribution in [0.5, 0.6) is 0 Å².